The smallest absolute Gasteiger partial charge is 0.337 e. The van der Waals surface area contributed by atoms with Crippen LogP contribution >= 0.6 is 0 Å². The zero-order chi connectivity index (χ0) is 38.5. The van der Waals surface area contributed by atoms with E-state index in [-0.39, 0.29) is 17.7 Å². The molecule has 0 fully saturated rings. The molecule has 3 aromatic heterocycles. The van der Waals surface area contributed by atoms with Crippen LogP contribution in [-0.4, -0.2) is 15.9 Å². The molecule has 0 radical (unpaired) electrons. The Morgan fingerprint density at radius 2 is 1.19 bits per heavy atom. The Hall–Kier alpha value is -6.46. The second kappa shape index (κ2) is 11.1. The topological polar surface area (TPSA) is 26.2 Å². The number of aromatic nitrogens is 2. The highest BCUT2D eigenvalue weighted by atomic mass is 16.4. The van der Waals surface area contributed by atoms with E-state index in [1.54, 1.807) is 0 Å². The maximum absolute atomic E-state index is 7.10. The van der Waals surface area contributed by atoms with Crippen molar-refractivity contribution in [1.82, 2.24) is 9.05 Å². The lowest BCUT2D eigenvalue weighted by molar-refractivity contribution is 0.589. The average Bonchev–Trinajstić information content (AvgIpc) is 3.87. The zero-order valence-corrected chi connectivity index (χ0v) is 33.2. The van der Waals surface area contributed by atoms with E-state index in [1.807, 2.05) is 0 Å². The largest absolute Gasteiger partial charge is 0.440 e. The van der Waals surface area contributed by atoms with Gasteiger partial charge in [-0.2, -0.15) is 0 Å². The van der Waals surface area contributed by atoms with Crippen molar-refractivity contribution >= 4 is 89.6 Å². The lowest BCUT2D eigenvalue weighted by atomic mass is 9.45. The van der Waals surface area contributed by atoms with Gasteiger partial charge in [-0.3, -0.25) is 4.90 Å². The first-order valence-corrected chi connectivity index (χ1v) is 20.2. The Kier molecular flexibility index (Phi) is 6.38. The summed E-state index contributed by atoms with van der Waals surface area (Å²) >= 11 is 0. The third-order valence-corrected chi connectivity index (χ3v) is 12.8. The SMILES string of the molecule is CC(C)(C)c1ccc(N2c3cc(C(C)(C)C)cc4c3B(c3c2oc2ccccc32)n2c3ccc5c6ccccc6n(-c6ccccc6)c5c3c3cccc-4c32)cc1. The summed E-state index contributed by atoms with van der Waals surface area (Å²) in [7, 11) is 0. The van der Waals surface area contributed by atoms with Crippen molar-refractivity contribution < 1.29 is 4.42 Å². The molecule has 0 saturated carbocycles. The van der Waals surface area contributed by atoms with E-state index >= 15 is 0 Å². The third-order valence-electron chi connectivity index (χ3n) is 12.8. The number of hydrogen-bond donors (Lipinski definition) is 0. The van der Waals surface area contributed by atoms with Gasteiger partial charge < -0.3 is 13.5 Å². The maximum atomic E-state index is 7.10. The first-order chi connectivity index (χ1) is 27.6. The van der Waals surface area contributed by atoms with Crippen molar-refractivity contribution in [2.75, 3.05) is 4.90 Å². The number of rotatable bonds is 2. The molecule has 0 unspecified atom stereocenters. The van der Waals surface area contributed by atoms with Crippen LogP contribution in [0.4, 0.5) is 17.3 Å². The molecule has 274 valence electrons. The summed E-state index contributed by atoms with van der Waals surface area (Å²) in [4.78, 5) is 2.41. The molecule has 0 amide bonds. The van der Waals surface area contributed by atoms with Crippen LogP contribution in [0.25, 0.3) is 71.4 Å². The van der Waals surface area contributed by atoms with Crippen LogP contribution in [0.1, 0.15) is 52.7 Å². The number of fused-ring (bicyclic) bond motifs is 13. The van der Waals surface area contributed by atoms with Gasteiger partial charge in [-0.05, 0) is 81.5 Å². The van der Waals surface area contributed by atoms with E-state index in [0.29, 0.717) is 0 Å². The van der Waals surface area contributed by atoms with Crippen molar-refractivity contribution in [1.29, 1.82) is 0 Å². The summed E-state index contributed by atoms with van der Waals surface area (Å²) in [6.07, 6.45) is 0. The predicted molar refractivity (Wildman–Crippen MR) is 241 cm³/mol. The second-order valence-electron chi connectivity index (χ2n) is 18.2. The summed E-state index contributed by atoms with van der Waals surface area (Å²) in [6.45, 7) is 13.7. The molecule has 2 aliphatic rings. The number of benzene rings is 7. The van der Waals surface area contributed by atoms with E-state index in [0.717, 1.165) is 28.2 Å². The van der Waals surface area contributed by atoms with Gasteiger partial charge in [-0.1, -0.05) is 139 Å². The molecule has 57 heavy (non-hydrogen) atoms. The highest BCUT2D eigenvalue weighted by molar-refractivity contribution is 6.91. The minimum absolute atomic E-state index is 0.0452. The van der Waals surface area contributed by atoms with E-state index in [9.17, 15) is 0 Å². The van der Waals surface area contributed by atoms with Crippen LogP contribution in [0.5, 0.6) is 0 Å². The van der Waals surface area contributed by atoms with Gasteiger partial charge in [0.25, 0.3) is 0 Å². The van der Waals surface area contributed by atoms with Gasteiger partial charge in [0.05, 0.1) is 11.0 Å². The van der Waals surface area contributed by atoms with Crippen LogP contribution in [0, 0.1) is 0 Å². The molecule has 7 aromatic carbocycles. The summed E-state index contributed by atoms with van der Waals surface area (Å²) in [5, 5.41) is 6.24. The Labute approximate surface area is 332 Å². The van der Waals surface area contributed by atoms with E-state index in [4.69, 9.17) is 4.42 Å². The number of hydrogen-bond acceptors (Lipinski definition) is 2. The fourth-order valence-corrected chi connectivity index (χ4v) is 10.1. The second-order valence-corrected chi connectivity index (χ2v) is 18.2. The summed E-state index contributed by atoms with van der Waals surface area (Å²) < 4.78 is 12.3. The molecule has 5 heterocycles. The predicted octanol–water partition coefficient (Wildman–Crippen LogP) is 12.7. The zero-order valence-electron chi connectivity index (χ0n) is 33.2. The minimum atomic E-state index is -0.116. The molecule has 12 rings (SSSR count). The van der Waals surface area contributed by atoms with E-state index in [2.05, 4.69) is 201 Å². The van der Waals surface area contributed by atoms with Crippen LogP contribution in [0.2, 0.25) is 0 Å². The molecule has 4 nitrogen and oxygen atoms in total. The Morgan fingerprint density at radius 3 is 1.96 bits per heavy atom. The summed E-state index contributed by atoms with van der Waals surface area (Å²) in [5.74, 6) is 0.892. The highest BCUT2D eigenvalue weighted by Crippen LogP contribution is 2.50. The van der Waals surface area contributed by atoms with Crippen molar-refractivity contribution in [3.8, 4) is 16.8 Å². The van der Waals surface area contributed by atoms with E-state index in [1.165, 1.54) is 82.5 Å². The van der Waals surface area contributed by atoms with Crippen molar-refractivity contribution in [2.24, 2.45) is 0 Å². The monoisotopic (exact) mass is 735 g/mol. The van der Waals surface area contributed by atoms with Gasteiger partial charge in [0, 0.05) is 66.1 Å². The normalized spacial score (nSPS) is 13.7. The van der Waals surface area contributed by atoms with Gasteiger partial charge in [-0.15, -0.1) is 0 Å². The molecule has 0 aliphatic carbocycles. The maximum Gasteiger partial charge on any atom is 0.337 e. The van der Waals surface area contributed by atoms with Gasteiger partial charge in [0.2, 0.25) is 5.88 Å². The lowest BCUT2D eigenvalue weighted by Crippen LogP contribution is -2.56. The van der Waals surface area contributed by atoms with Crippen LogP contribution in [-0.2, 0) is 10.8 Å². The van der Waals surface area contributed by atoms with Gasteiger partial charge in [-0.25, -0.2) is 0 Å². The van der Waals surface area contributed by atoms with E-state index < -0.39 is 0 Å². The standard InChI is InChI=1S/C52H42BN3O/c1-51(2,3)31-23-25-34(26-24-31)55-43-30-32(52(4,5)6)29-40-36-19-14-20-39-45-42(56(48(36)39)53(46(40)43)47-38-18-11-13-22-44(38)57-50(47)55)28-27-37-35-17-10-12-21-41(35)54(49(37)45)33-15-8-7-9-16-33/h7-30H,1-6H3. The first kappa shape index (κ1) is 32.8. The van der Waals surface area contributed by atoms with Gasteiger partial charge in [0.15, 0.2) is 0 Å². The quantitative estimate of drug-likeness (QED) is 0.165. The number of para-hydroxylation sites is 4. The number of nitrogens with zero attached hydrogens (tertiary/aromatic N) is 3. The van der Waals surface area contributed by atoms with Gasteiger partial charge in [0.1, 0.15) is 5.58 Å². The van der Waals surface area contributed by atoms with Crippen LogP contribution < -0.4 is 15.8 Å². The molecule has 0 saturated heterocycles. The molecule has 10 aromatic rings. The first-order valence-electron chi connectivity index (χ1n) is 20.2. The minimum Gasteiger partial charge on any atom is -0.440 e. The molecular weight excluding hydrogens is 693 g/mol. The summed E-state index contributed by atoms with van der Waals surface area (Å²) in [6, 6.07) is 54.2. The molecular formula is C52H42BN3O. The number of furan rings is 1. The average molecular weight is 736 g/mol. The van der Waals surface area contributed by atoms with Crippen LogP contribution in [0.15, 0.2) is 150 Å². The fourth-order valence-electron chi connectivity index (χ4n) is 10.1. The van der Waals surface area contributed by atoms with Gasteiger partial charge >= 0.3 is 6.85 Å². The lowest BCUT2D eigenvalue weighted by Gasteiger charge is -2.39. The molecule has 5 heteroatoms. The van der Waals surface area contributed by atoms with Crippen molar-refractivity contribution in [3.05, 3.63) is 157 Å². The Bertz CT molecular complexity index is 3310. The molecule has 0 spiro atoms. The molecule has 0 atom stereocenters. The number of anilines is 3. The fraction of sp³-hybridized carbons (Fsp3) is 0.154. The molecule has 0 N–H and O–H groups in total. The Morgan fingerprint density at radius 1 is 0.491 bits per heavy atom. The Balaban J connectivity index is 1.26. The van der Waals surface area contributed by atoms with Crippen molar-refractivity contribution in [3.63, 3.8) is 0 Å². The molecule has 2 aliphatic heterocycles. The molecule has 0 bridgehead atoms. The van der Waals surface area contributed by atoms with Crippen molar-refractivity contribution in [2.45, 2.75) is 52.4 Å². The summed E-state index contributed by atoms with van der Waals surface area (Å²) in [5.41, 5.74) is 17.0. The van der Waals surface area contributed by atoms with Crippen LogP contribution in [0.3, 0.4) is 0 Å². The third kappa shape index (κ3) is 4.35. The highest BCUT2D eigenvalue weighted by Gasteiger charge is 2.46.